The highest BCUT2D eigenvalue weighted by molar-refractivity contribution is 6.09. The lowest BCUT2D eigenvalue weighted by Gasteiger charge is -2.19. The van der Waals surface area contributed by atoms with E-state index in [1.165, 1.54) is 64.5 Å². The van der Waals surface area contributed by atoms with Crippen molar-refractivity contribution in [3.05, 3.63) is 71.0 Å². The van der Waals surface area contributed by atoms with E-state index >= 15 is 0 Å². The zero-order chi connectivity index (χ0) is 30.7. The summed E-state index contributed by atoms with van der Waals surface area (Å²) >= 11 is 0. The molecule has 0 aromatic heterocycles. The molecular weight excluding hydrogens is 532 g/mol. The number of aliphatic hydroxyl groups excluding tert-OH is 1. The van der Waals surface area contributed by atoms with E-state index in [2.05, 4.69) is 0 Å². The molecule has 0 atom stereocenters. The summed E-state index contributed by atoms with van der Waals surface area (Å²) < 4.78 is 26.0. The van der Waals surface area contributed by atoms with Crippen LogP contribution in [0.2, 0.25) is 0 Å². The van der Waals surface area contributed by atoms with Crippen molar-refractivity contribution in [2.24, 2.45) is 0 Å². The lowest BCUT2D eigenvalue weighted by atomic mass is 10.0. The van der Waals surface area contributed by atoms with Crippen molar-refractivity contribution < 1.29 is 48.0 Å². The molecule has 41 heavy (non-hydrogen) atoms. The molecule has 2 aromatic carbocycles. The summed E-state index contributed by atoms with van der Waals surface area (Å²) in [5.41, 5.74) is 0.105. The number of allylic oxidation sites excluding steroid dienone is 2. The highest BCUT2D eigenvalue weighted by Crippen LogP contribution is 2.30. The number of ketones is 1. The maximum absolute atomic E-state index is 13.2. The zero-order valence-electron chi connectivity index (χ0n) is 24.1. The molecule has 0 amide bonds. The third kappa shape index (κ3) is 10.7. The molecule has 0 saturated heterocycles. The van der Waals surface area contributed by atoms with E-state index in [0.717, 1.165) is 0 Å². The Morgan fingerprint density at radius 2 is 1.22 bits per heavy atom. The predicted molar refractivity (Wildman–Crippen MR) is 152 cm³/mol. The molecule has 0 saturated carbocycles. The number of hydrogen-bond donors (Lipinski definition) is 1. The van der Waals surface area contributed by atoms with Crippen LogP contribution >= 0.6 is 0 Å². The molecule has 0 bridgehead atoms. The molecular formula is C31H34O10. The molecule has 218 valence electrons. The second kappa shape index (κ2) is 14.5. The van der Waals surface area contributed by atoms with Crippen LogP contribution in [0.25, 0.3) is 12.2 Å². The van der Waals surface area contributed by atoms with E-state index in [4.69, 9.17) is 23.7 Å². The van der Waals surface area contributed by atoms with Gasteiger partial charge in [0, 0.05) is 13.8 Å². The maximum atomic E-state index is 13.2. The topological polar surface area (TPSA) is 135 Å². The first-order valence-electron chi connectivity index (χ1n) is 12.5. The number of benzene rings is 2. The minimum Gasteiger partial charge on any atom is -0.508 e. The zero-order valence-corrected chi connectivity index (χ0v) is 24.1. The summed E-state index contributed by atoms with van der Waals surface area (Å²) in [6.45, 7) is 7.60. The Kier molecular flexibility index (Phi) is 11.4. The van der Waals surface area contributed by atoms with Crippen LogP contribution in [0.3, 0.4) is 0 Å². The van der Waals surface area contributed by atoms with Crippen molar-refractivity contribution in [1.29, 1.82) is 0 Å². The lowest BCUT2D eigenvalue weighted by molar-refractivity contribution is -0.154. The number of aliphatic hydroxyl groups is 1. The van der Waals surface area contributed by atoms with Crippen LogP contribution in [0, 0.1) is 0 Å². The molecule has 0 aliphatic rings. The maximum Gasteiger partial charge on any atom is 0.311 e. The summed E-state index contributed by atoms with van der Waals surface area (Å²) in [5.74, 6) is -1.80. The van der Waals surface area contributed by atoms with Gasteiger partial charge in [-0.3, -0.25) is 19.2 Å². The highest BCUT2D eigenvalue weighted by atomic mass is 16.6. The van der Waals surface area contributed by atoms with E-state index in [1.54, 1.807) is 45.0 Å². The Balaban J connectivity index is 2.41. The van der Waals surface area contributed by atoms with Crippen LogP contribution in [0.1, 0.15) is 52.2 Å². The van der Waals surface area contributed by atoms with Crippen LogP contribution in [0.4, 0.5) is 0 Å². The van der Waals surface area contributed by atoms with Crippen molar-refractivity contribution in [3.63, 3.8) is 0 Å². The van der Waals surface area contributed by atoms with Crippen LogP contribution in [0.15, 0.2) is 59.9 Å². The molecule has 0 radical (unpaired) electrons. The minimum atomic E-state index is -0.799. The molecule has 0 aliphatic carbocycles. The summed E-state index contributed by atoms with van der Waals surface area (Å²) in [7, 11) is 2.82. The first-order valence-corrected chi connectivity index (χ1v) is 12.5. The highest BCUT2D eigenvalue weighted by Gasteiger charge is 2.22. The number of ether oxygens (including phenoxy) is 5. The van der Waals surface area contributed by atoms with Gasteiger partial charge in [0.15, 0.2) is 28.8 Å². The molecule has 2 rings (SSSR count). The molecule has 2 aromatic rings. The molecule has 10 nitrogen and oxygen atoms in total. The van der Waals surface area contributed by atoms with E-state index in [1.807, 2.05) is 0 Å². The fourth-order valence-corrected chi connectivity index (χ4v) is 3.43. The van der Waals surface area contributed by atoms with E-state index in [9.17, 15) is 24.3 Å². The molecule has 0 fully saturated rings. The van der Waals surface area contributed by atoms with Crippen LogP contribution in [0.5, 0.6) is 23.0 Å². The third-order valence-corrected chi connectivity index (χ3v) is 5.09. The standard InChI is InChI=1S/C31H34O10/c1-19(32)39-26-14-10-21(16-28(26)37-6)8-12-24(34)23(18-30(36)41-31(3,4)5)25(35)13-9-22-11-15-27(40-20(2)33)29(17-22)38-7/h8-17,34H,18H2,1-7H3/b12-8+,13-9+,24-23?. The third-order valence-electron chi connectivity index (χ3n) is 5.09. The van der Waals surface area contributed by atoms with Crippen LogP contribution < -0.4 is 18.9 Å². The predicted octanol–water partition coefficient (Wildman–Crippen LogP) is 5.39. The van der Waals surface area contributed by atoms with Gasteiger partial charge in [0.05, 0.1) is 26.2 Å². The van der Waals surface area contributed by atoms with Gasteiger partial charge in [0.2, 0.25) is 0 Å². The van der Waals surface area contributed by atoms with Gasteiger partial charge >= 0.3 is 17.9 Å². The van der Waals surface area contributed by atoms with E-state index in [-0.39, 0.29) is 28.6 Å². The monoisotopic (exact) mass is 566 g/mol. The molecule has 0 spiro atoms. The van der Waals surface area contributed by atoms with Crippen LogP contribution in [-0.4, -0.2) is 48.6 Å². The fraction of sp³-hybridized carbons (Fsp3) is 0.290. The Labute approximate surface area is 238 Å². The Hall–Kier alpha value is -4.86. The quantitative estimate of drug-likeness (QED) is 0.124. The largest absolute Gasteiger partial charge is 0.508 e. The van der Waals surface area contributed by atoms with Gasteiger partial charge in [-0.15, -0.1) is 0 Å². The summed E-state index contributed by atoms with van der Waals surface area (Å²) in [6.07, 6.45) is 4.94. The molecule has 0 heterocycles. The van der Waals surface area contributed by atoms with Crippen LogP contribution in [-0.2, 0) is 23.9 Å². The first-order chi connectivity index (χ1) is 19.2. The van der Waals surface area contributed by atoms with Gasteiger partial charge in [-0.05, 0) is 68.3 Å². The number of rotatable bonds is 11. The molecule has 0 aliphatic heterocycles. The number of carbonyl (C=O) groups excluding carboxylic acids is 4. The van der Waals surface area contributed by atoms with Gasteiger partial charge < -0.3 is 28.8 Å². The van der Waals surface area contributed by atoms with E-state index in [0.29, 0.717) is 11.1 Å². The average molecular weight is 567 g/mol. The second-order valence-corrected chi connectivity index (χ2v) is 9.67. The Morgan fingerprint density at radius 1 is 0.756 bits per heavy atom. The van der Waals surface area contributed by atoms with Gasteiger partial charge in [0.25, 0.3) is 0 Å². The lowest BCUT2D eigenvalue weighted by Crippen LogP contribution is -2.25. The summed E-state index contributed by atoms with van der Waals surface area (Å²) in [5, 5.41) is 10.8. The smallest absolute Gasteiger partial charge is 0.311 e. The first kappa shape index (κ1) is 32.4. The van der Waals surface area contributed by atoms with Gasteiger partial charge in [-0.25, -0.2) is 0 Å². The Morgan fingerprint density at radius 3 is 1.63 bits per heavy atom. The molecule has 0 unspecified atom stereocenters. The number of methoxy groups -OCH3 is 2. The SMILES string of the molecule is COc1cc(/C=C/C(=O)C(CC(=O)OC(C)(C)C)=C(O)/C=C/c2ccc(OC(C)=O)c(OC)c2)ccc1OC(C)=O. The van der Waals surface area contributed by atoms with Crippen molar-refractivity contribution in [1.82, 2.24) is 0 Å². The second-order valence-electron chi connectivity index (χ2n) is 9.67. The van der Waals surface area contributed by atoms with Gasteiger partial charge in [0.1, 0.15) is 11.4 Å². The van der Waals surface area contributed by atoms with Gasteiger partial charge in [-0.2, -0.15) is 0 Å². The number of hydrogen-bond acceptors (Lipinski definition) is 10. The minimum absolute atomic E-state index is 0.196. The van der Waals surface area contributed by atoms with E-state index < -0.39 is 41.5 Å². The van der Waals surface area contributed by atoms with Crippen molar-refractivity contribution in [3.8, 4) is 23.0 Å². The normalized spacial score (nSPS) is 12.1. The van der Waals surface area contributed by atoms with Crippen molar-refractivity contribution >= 4 is 35.8 Å². The Bertz CT molecular complexity index is 1390. The summed E-state index contributed by atoms with van der Waals surface area (Å²) in [6, 6.07) is 9.40. The number of carbonyl (C=O) groups is 4. The van der Waals surface area contributed by atoms with Crippen molar-refractivity contribution in [2.45, 2.75) is 46.6 Å². The average Bonchev–Trinajstić information content (AvgIpc) is 2.88. The van der Waals surface area contributed by atoms with Crippen molar-refractivity contribution in [2.75, 3.05) is 14.2 Å². The molecule has 10 heteroatoms. The van der Waals surface area contributed by atoms with Gasteiger partial charge in [-0.1, -0.05) is 24.3 Å². The summed E-state index contributed by atoms with van der Waals surface area (Å²) in [4.78, 5) is 48.3. The molecule has 1 N–H and O–H groups in total. The fourth-order valence-electron chi connectivity index (χ4n) is 3.43. The number of esters is 3.